The lowest BCUT2D eigenvalue weighted by atomic mass is 10.1. The summed E-state index contributed by atoms with van der Waals surface area (Å²) in [6.45, 7) is 1.83. The molecule has 0 aliphatic rings. The van der Waals surface area contributed by atoms with Crippen molar-refractivity contribution >= 4 is 22.6 Å². The van der Waals surface area contributed by atoms with Crippen LogP contribution in [-0.2, 0) is 6.61 Å². The minimum absolute atomic E-state index is 0.0121. The number of hydrogen-bond donors (Lipinski definition) is 0. The van der Waals surface area contributed by atoms with Gasteiger partial charge in [0.15, 0.2) is 6.61 Å². The highest BCUT2D eigenvalue weighted by atomic mass is 35.5. The van der Waals surface area contributed by atoms with Crippen molar-refractivity contribution in [3.05, 3.63) is 69.4 Å². The van der Waals surface area contributed by atoms with Crippen molar-refractivity contribution in [2.24, 2.45) is 0 Å². The van der Waals surface area contributed by atoms with Gasteiger partial charge in [0, 0.05) is 23.1 Å². The summed E-state index contributed by atoms with van der Waals surface area (Å²) in [5, 5.41) is 5.09. The first-order valence-corrected chi connectivity index (χ1v) is 8.75. The topological polar surface area (TPSA) is 87.6 Å². The van der Waals surface area contributed by atoms with Crippen LogP contribution in [-0.4, -0.2) is 17.3 Å². The van der Waals surface area contributed by atoms with Crippen LogP contribution in [0.25, 0.3) is 22.4 Å². The minimum atomic E-state index is -0.432. The minimum Gasteiger partial charge on any atom is -0.497 e. The summed E-state index contributed by atoms with van der Waals surface area (Å²) in [7, 11) is 1.59. The predicted molar refractivity (Wildman–Crippen MR) is 103 cm³/mol. The molecular formula is C20H15ClN2O5. The van der Waals surface area contributed by atoms with Crippen LogP contribution in [0.4, 0.5) is 0 Å². The molecule has 0 spiro atoms. The normalized spacial score (nSPS) is 11.0. The molecule has 4 aromatic rings. The predicted octanol–water partition coefficient (Wildman–Crippen LogP) is 4.39. The van der Waals surface area contributed by atoms with Gasteiger partial charge < -0.3 is 18.4 Å². The van der Waals surface area contributed by atoms with Crippen LogP contribution in [0.1, 0.15) is 11.5 Å². The quantitative estimate of drug-likeness (QED) is 0.460. The first kappa shape index (κ1) is 18.1. The molecule has 2 heterocycles. The molecule has 4 rings (SSSR count). The van der Waals surface area contributed by atoms with Gasteiger partial charge in [0.2, 0.25) is 5.82 Å². The molecule has 8 heteroatoms. The van der Waals surface area contributed by atoms with Crippen LogP contribution < -0.4 is 15.1 Å². The molecule has 0 saturated carbocycles. The molecule has 0 bridgehead atoms. The van der Waals surface area contributed by atoms with Crippen LogP contribution in [0.5, 0.6) is 11.5 Å². The summed E-state index contributed by atoms with van der Waals surface area (Å²) >= 11 is 6.29. The Morgan fingerprint density at radius 1 is 1.18 bits per heavy atom. The van der Waals surface area contributed by atoms with E-state index in [1.54, 1.807) is 25.3 Å². The third-order valence-electron chi connectivity index (χ3n) is 4.15. The van der Waals surface area contributed by atoms with Gasteiger partial charge in [-0.05, 0) is 30.7 Å². The Hall–Kier alpha value is -3.32. The van der Waals surface area contributed by atoms with E-state index >= 15 is 0 Å². The Balaban J connectivity index is 1.56. The van der Waals surface area contributed by atoms with E-state index in [2.05, 4.69) is 10.1 Å². The SMILES string of the molecule is COc1cccc(-c2noc(COc3cc4oc(=O)cc(C)c4cc3Cl)n2)c1. The number of nitrogens with zero attached hydrogens (tertiary/aromatic N) is 2. The Morgan fingerprint density at radius 2 is 2.04 bits per heavy atom. The Kier molecular flexibility index (Phi) is 4.75. The fraction of sp³-hybridized carbons (Fsp3) is 0.150. The fourth-order valence-corrected chi connectivity index (χ4v) is 2.98. The summed E-state index contributed by atoms with van der Waals surface area (Å²) in [5.41, 5.74) is 1.50. The Labute approximate surface area is 164 Å². The van der Waals surface area contributed by atoms with Crippen LogP contribution >= 0.6 is 11.6 Å². The zero-order valence-electron chi connectivity index (χ0n) is 15.1. The summed E-state index contributed by atoms with van der Waals surface area (Å²) in [6, 6.07) is 12.0. The molecule has 0 amide bonds. The molecular weight excluding hydrogens is 384 g/mol. The van der Waals surface area contributed by atoms with Crippen molar-refractivity contribution in [2.75, 3.05) is 7.11 Å². The van der Waals surface area contributed by atoms with Crippen molar-refractivity contribution in [1.82, 2.24) is 10.1 Å². The standard InChI is InChI=1S/C20H15ClN2O5/c1-11-6-19(24)27-16-9-17(15(21)8-14(11)16)26-10-18-22-20(23-28-18)12-4-3-5-13(7-12)25-2/h3-9H,10H2,1-2H3. The third kappa shape index (κ3) is 3.57. The van der Waals surface area contributed by atoms with Crippen molar-refractivity contribution in [1.29, 1.82) is 0 Å². The maximum Gasteiger partial charge on any atom is 0.336 e. The fourth-order valence-electron chi connectivity index (χ4n) is 2.76. The molecule has 2 aromatic carbocycles. The number of benzene rings is 2. The van der Waals surface area contributed by atoms with Crippen LogP contribution in [0, 0.1) is 6.92 Å². The Morgan fingerprint density at radius 3 is 2.86 bits per heavy atom. The number of fused-ring (bicyclic) bond motifs is 1. The average molecular weight is 399 g/mol. The first-order chi connectivity index (χ1) is 13.5. The maximum atomic E-state index is 11.6. The first-order valence-electron chi connectivity index (χ1n) is 8.37. The van der Waals surface area contributed by atoms with E-state index in [1.807, 2.05) is 25.1 Å². The highest BCUT2D eigenvalue weighted by molar-refractivity contribution is 6.32. The number of rotatable bonds is 5. The second-order valence-electron chi connectivity index (χ2n) is 6.06. The third-order valence-corrected chi connectivity index (χ3v) is 4.45. The number of methoxy groups -OCH3 is 1. The largest absolute Gasteiger partial charge is 0.497 e. The molecule has 142 valence electrons. The van der Waals surface area contributed by atoms with E-state index in [4.69, 9.17) is 30.0 Å². The Bertz CT molecular complexity index is 1210. The molecule has 28 heavy (non-hydrogen) atoms. The average Bonchev–Trinajstić information content (AvgIpc) is 3.16. The van der Waals surface area contributed by atoms with Crippen molar-refractivity contribution in [3.63, 3.8) is 0 Å². The van der Waals surface area contributed by atoms with E-state index < -0.39 is 5.63 Å². The van der Waals surface area contributed by atoms with Gasteiger partial charge in [0.1, 0.15) is 17.1 Å². The summed E-state index contributed by atoms with van der Waals surface area (Å²) in [6.07, 6.45) is 0. The van der Waals surface area contributed by atoms with E-state index in [1.165, 1.54) is 6.07 Å². The van der Waals surface area contributed by atoms with Crippen molar-refractivity contribution < 1.29 is 18.4 Å². The van der Waals surface area contributed by atoms with Crippen molar-refractivity contribution in [3.8, 4) is 22.9 Å². The van der Waals surface area contributed by atoms with Gasteiger partial charge in [-0.2, -0.15) is 4.98 Å². The molecule has 0 atom stereocenters. The lowest BCUT2D eigenvalue weighted by Gasteiger charge is -2.08. The zero-order valence-corrected chi connectivity index (χ0v) is 15.8. The summed E-state index contributed by atoms with van der Waals surface area (Å²) < 4.78 is 21.3. The van der Waals surface area contributed by atoms with E-state index in [9.17, 15) is 4.79 Å². The number of aryl methyl sites for hydroxylation is 1. The summed E-state index contributed by atoms with van der Waals surface area (Å²) in [5.74, 6) is 1.74. The summed E-state index contributed by atoms with van der Waals surface area (Å²) in [4.78, 5) is 15.9. The van der Waals surface area contributed by atoms with Crippen LogP contribution in [0.2, 0.25) is 5.02 Å². The molecule has 0 aliphatic carbocycles. The number of aromatic nitrogens is 2. The molecule has 0 radical (unpaired) electrons. The van der Waals surface area contributed by atoms with E-state index in [0.29, 0.717) is 27.9 Å². The number of ether oxygens (including phenoxy) is 2. The van der Waals surface area contributed by atoms with Gasteiger partial charge in [0.05, 0.1) is 12.1 Å². The highest BCUT2D eigenvalue weighted by Crippen LogP contribution is 2.31. The molecule has 0 N–H and O–H groups in total. The molecule has 2 aromatic heterocycles. The lowest BCUT2D eigenvalue weighted by Crippen LogP contribution is -2.00. The van der Waals surface area contributed by atoms with Gasteiger partial charge in [-0.15, -0.1) is 0 Å². The van der Waals surface area contributed by atoms with Gasteiger partial charge >= 0.3 is 5.63 Å². The van der Waals surface area contributed by atoms with Crippen LogP contribution in [0.3, 0.4) is 0 Å². The maximum absolute atomic E-state index is 11.6. The van der Waals surface area contributed by atoms with E-state index in [-0.39, 0.29) is 12.5 Å². The molecule has 0 fully saturated rings. The monoisotopic (exact) mass is 398 g/mol. The second-order valence-corrected chi connectivity index (χ2v) is 6.47. The molecule has 0 saturated heterocycles. The van der Waals surface area contributed by atoms with Crippen molar-refractivity contribution in [2.45, 2.75) is 13.5 Å². The number of hydrogen-bond acceptors (Lipinski definition) is 7. The van der Waals surface area contributed by atoms with Gasteiger partial charge in [-0.25, -0.2) is 4.79 Å². The smallest absolute Gasteiger partial charge is 0.336 e. The zero-order chi connectivity index (χ0) is 19.7. The number of halogens is 1. The van der Waals surface area contributed by atoms with Gasteiger partial charge in [-0.1, -0.05) is 28.9 Å². The van der Waals surface area contributed by atoms with E-state index in [0.717, 1.165) is 16.5 Å². The van der Waals surface area contributed by atoms with Crippen LogP contribution in [0.15, 0.2) is 56.2 Å². The van der Waals surface area contributed by atoms with Gasteiger partial charge in [-0.3, -0.25) is 0 Å². The molecule has 7 nitrogen and oxygen atoms in total. The lowest BCUT2D eigenvalue weighted by molar-refractivity contribution is 0.243. The molecule has 0 aliphatic heterocycles. The highest BCUT2D eigenvalue weighted by Gasteiger charge is 2.13. The molecule has 0 unspecified atom stereocenters. The second kappa shape index (κ2) is 7.36. The van der Waals surface area contributed by atoms with Gasteiger partial charge in [0.25, 0.3) is 5.89 Å².